The Morgan fingerprint density at radius 2 is 2.06 bits per heavy atom. The predicted octanol–water partition coefficient (Wildman–Crippen LogP) is 2.60. The van der Waals surface area contributed by atoms with Gasteiger partial charge in [-0.15, -0.1) is 0 Å². The zero-order chi connectivity index (χ0) is 12.3. The Bertz CT molecular complexity index is 375. The van der Waals surface area contributed by atoms with Gasteiger partial charge in [0.15, 0.2) is 0 Å². The van der Waals surface area contributed by atoms with Crippen LogP contribution in [0, 0.1) is 0 Å². The Hall–Kier alpha value is -0.860. The zero-order valence-electron chi connectivity index (χ0n) is 10.9. The molecule has 2 rings (SSSR count). The fraction of sp³-hybridized carbons (Fsp3) is 0.600. The highest BCUT2D eigenvalue weighted by atomic mass is 16.3. The molecular formula is C15H23NO. The van der Waals surface area contributed by atoms with Crippen LogP contribution in [0.5, 0.6) is 0 Å². The van der Waals surface area contributed by atoms with Gasteiger partial charge in [-0.3, -0.25) is 0 Å². The molecule has 0 aromatic heterocycles. The van der Waals surface area contributed by atoms with Crippen LogP contribution in [0.4, 0.5) is 0 Å². The smallest absolute Gasteiger partial charge is 0.0914 e. The summed E-state index contributed by atoms with van der Waals surface area (Å²) < 4.78 is 0. The zero-order valence-corrected chi connectivity index (χ0v) is 10.9. The van der Waals surface area contributed by atoms with Gasteiger partial charge in [0, 0.05) is 12.6 Å². The lowest BCUT2D eigenvalue weighted by Crippen LogP contribution is -2.29. The van der Waals surface area contributed by atoms with Crippen LogP contribution >= 0.6 is 0 Å². The fourth-order valence-corrected chi connectivity index (χ4v) is 2.37. The van der Waals surface area contributed by atoms with E-state index in [4.69, 9.17) is 0 Å². The van der Waals surface area contributed by atoms with Crippen molar-refractivity contribution in [1.29, 1.82) is 0 Å². The first-order valence-electron chi connectivity index (χ1n) is 6.74. The minimum Gasteiger partial charge on any atom is -0.387 e. The van der Waals surface area contributed by atoms with Gasteiger partial charge in [0.1, 0.15) is 0 Å². The molecule has 2 atom stereocenters. The van der Waals surface area contributed by atoms with Crippen molar-refractivity contribution < 1.29 is 5.11 Å². The van der Waals surface area contributed by atoms with Crippen LogP contribution in [0.1, 0.15) is 49.5 Å². The van der Waals surface area contributed by atoms with E-state index in [-0.39, 0.29) is 6.10 Å². The molecule has 0 amide bonds. The van der Waals surface area contributed by atoms with Gasteiger partial charge in [0.05, 0.1) is 6.10 Å². The normalized spacial score (nSPS) is 17.8. The lowest BCUT2D eigenvalue weighted by Gasteiger charge is -2.16. The number of aliphatic hydroxyl groups is 1. The second-order valence-electron chi connectivity index (χ2n) is 5.12. The number of aryl methyl sites for hydroxylation is 2. The maximum atomic E-state index is 10.1. The minimum atomic E-state index is -0.380. The minimum absolute atomic E-state index is 0.380. The first-order chi connectivity index (χ1) is 8.20. The summed E-state index contributed by atoms with van der Waals surface area (Å²) in [5.41, 5.74) is 3.96. The van der Waals surface area contributed by atoms with E-state index in [1.807, 2.05) is 0 Å². The van der Waals surface area contributed by atoms with E-state index in [0.29, 0.717) is 12.6 Å². The van der Waals surface area contributed by atoms with E-state index < -0.39 is 0 Å². The maximum absolute atomic E-state index is 10.1. The largest absolute Gasteiger partial charge is 0.387 e. The Balaban J connectivity index is 1.97. The summed E-state index contributed by atoms with van der Waals surface area (Å²) in [6.07, 6.45) is 4.36. The number of hydrogen-bond acceptors (Lipinski definition) is 2. The molecule has 2 nitrogen and oxygen atoms in total. The van der Waals surface area contributed by atoms with Crippen molar-refractivity contribution in [3.8, 4) is 0 Å². The van der Waals surface area contributed by atoms with E-state index in [2.05, 4.69) is 37.4 Å². The van der Waals surface area contributed by atoms with Gasteiger partial charge < -0.3 is 10.4 Å². The molecule has 2 heteroatoms. The molecule has 1 aromatic carbocycles. The van der Waals surface area contributed by atoms with Gasteiger partial charge >= 0.3 is 0 Å². The summed E-state index contributed by atoms with van der Waals surface area (Å²) in [6, 6.07) is 6.92. The Morgan fingerprint density at radius 3 is 2.82 bits per heavy atom. The molecule has 1 aliphatic carbocycles. The first-order valence-corrected chi connectivity index (χ1v) is 6.74. The Morgan fingerprint density at radius 1 is 1.29 bits per heavy atom. The third kappa shape index (κ3) is 3.08. The number of fused-ring (bicyclic) bond motifs is 1. The third-order valence-electron chi connectivity index (χ3n) is 3.78. The highest BCUT2D eigenvalue weighted by molar-refractivity contribution is 5.36. The number of nitrogens with one attached hydrogen (secondary N) is 1. The highest BCUT2D eigenvalue weighted by Crippen LogP contribution is 2.25. The molecule has 0 radical (unpaired) electrons. The van der Waals surface area contributed by atoms with Crippen molar-refractivity contribution in [2.45, 2.75) is 51.7 Å². The molecule has 2 unspecified atom stereocenters. The quantitative estimate of drug-likeness (QED) is 0.819. The Labute approximate surface area is 104 Å². The summed E-state index contributed by atoms with van der Waals surface area (Å²) in [5, 5.41) is 13.5. The second kappa shape index (κ2) is 5.65. The van der Waals surface area contributed by atoms with Crippen LogP contribution in [-0.4, -0.2) is 17.7 Å². The number of hydrogen-bond donors (Lipinski definition) is 2. The van der Waals surface area contributed by atoms with Crippen molar-refractivity contribution in [3.63, 3.8) is 0 Å². The van der Waals surface area contributed by atoms with Crippen molar-refractivity contribution >= 4 is 0 Å². The lowest BCUT2D eigenvalue weighted by atomic mass is 10.0. The van der Waals surface area contributed by atoms with Crippen LogP contribution in [0.3, 0.4) is 0 Å². The fourth-order valence-electron chi connectivity index (χ4n) is 2.37. The summed E-state index contributed by atoms with van der Waals surface area (Å²) in [7, 11) is 0. The standard InChI is InChI=1S/C15H23NO/c1-3-11(2)16-10-15(17)14-8-7-12-5-4-6-13(12)9-14/h7-9,11,15-17H,3-6,10H2,1-2H3. The molecule has 0 heterocycles. The molecule has 0 aliphatic heterocycles. The topological polar surface area (TPSA) is 32.3 Å². The number of rotatable bonds is 5. The van der Waals surface area contributed by atoms with Crippen LogP contribution in [0.15, 0.2) is 18.2 Å². The second-order valence-corrected chi connectivity index (χ2v) is 5.12. The maximum Gasteiger partial charge on any atom is 0.0914 e. The highest BCUT2D eigenvalue weighted by Gasteiger charge is 2.14. The lowest BCUT2D eigenvalue weighted by molar-refractivity contribution is 0.170. The van der Waals surface area contributed by atoms with Crippen LogP contribution < -0.4 is 5.32 Å². The van der Waals surface area contributed by atoms with Crippen molar-refractivity contribution in [3.05, 3.63) is 34.9 Å². The predicted molar refractivity (Wildman–Crippen MR) is 71.2 cm³/mol. The molecular weight excluding hydrogens is 210 g/mol. The van der Waals surface area contributed by atoms with E-state index in [0.717, 1.165) is 12.0 Å². The van der Waals surface area contributed by atoms with Crippen molar-refractivity contribution in [2.24, 2.45) is 0 Å². The van der Waals surface area contributed by atoms with E-state index in [1.54, 1.807) is 0 Å². The molecule has 2 N–H and O–H groups in total. The van der Waals surface area contributed by atoms with Gasteiger partial charge in [0.2, 0.25) is 0 Å². The Kier molecular flexibility index (Phi) is 4.19. The molecule has 1 aromatic rings. The molecule has 0 saturated carbocycles. The first kappa shape index (κ1) is 12.6. The van der Waals surface area contributed by atoms with E-state index >= 15 is 0 Å². The van der Waals surface area contributed by atoms with Crippen LogP contribution in [0.25, 0.3) is 0 Å². The SMILES string of the molecule is CCC(C)NCC(O)c1ccc2c(c1)CCC2. The molecule has 0 fully saturated rings. The van der Waals surface area contributed by atoms with Gasteiger partial charge in [-0.1, -0.05) is 25.1 Å². The summed E-state index contributed by atoms with van der Waals surface area (Å²) in [5.74, 6) is 0. The molecule has 17 heavy (non-hydrogen) atoms. The summed E-state index contributed by atoms with van der Waals surface area (Å²) in [4.78, 5) is 0. The summed E-state index contributed by atoms with van der Waals surface area (Å²) in [6.45, 7) is 4.95. The average Bonchev–Trinajstić information content (AvgIpc) is 2.82. The molecule has 0 spiro atoms. The number of benzene rings is 1. The van der Waals surface area contributed by atoms with Crippen molar-refractivity contribution in [1.82, 2.24) is 5.32 Å². The molecule has 94 valence electrons. The monoisotopic (exact) mass is 233 g/mol. The van der Waals surface area contributed by atoms with Gasteiger partial charge in [-0.05, 0) is 49.3 Å². The van der Waals surface area contributed by atoms with E-state index in [9.17, 15) is 5.11 Å². The molecule has 1 aliphatic rings. The summed E-state index contributed by atoms with van der Waals surface area (Å²) >= 11 is 0. The van der Waals surface area contributed by atoms with Gasteiger partial charge in [-0.25, -0.2) is 0 Å². The van der Waals surface area contributed by atoms with Crippen molar-refractivity contribution in [2.75, 3.05) is 6.54 Å². The number of aliphatic hydroxyl groups excluding tert-OH is 1. The van der Waals surface area contributed by atoms with E-state index in [1.165, 1.54) is 30.4 Å². The third-order valence-corrected chi connectivity index (χ3v) is 3.78. The molecule has 0 bridgehead atoms. The van der Waals surface area contributed by atoms with Crippen LogP contribution in [-0.2, 0) is 12.8 Å². The van der Waals surface area contributed by atoms with Gasteiger partial charge in [0.25, 0.3) is 0 Å². The van der Waals surface area contributed by atoms with Gasteiger partial charge in [-0.2, -0.15) is 0 Å². The molecule has 0 saturated heterocycles. The van der Waals surface area contributed by atoms with Crippen LogP contribution in [0.2, 0.25) is 0 Å². The average molecular weight is 233 g/mol.